The number of nitrogens with two attached hydrogens (primary N) is 1. The Morgan fingerprint density at radius 1 is 1.44 bits per heavy atom. The molecule has 0 radical (unpaired) electrons. The van der Waals surface area contributed by atoms with Gasteiger partial charge in [-0.1, -0.05) is 19.1 Å². The summed E-state index contributed by atoms with van der Waals surface area (Å²) in [5.74, 6) is -0.630. The van der Waals surface area contributed by atoms with Gasteiger partial charge in [-0.05, 0) is 31.0 Å². The molecular formula is C12H17FN2O. The lowest BCUT2D eigenvalue weighted by Gasteiger charge is -2.20. The summed E-state index contributed by atoms with van der Waals surface area (Å²) in [4.78, 5) is 11.1. The molecule has 3 nitrogen and oxygen atoms in total. The molecule has 0 fully saturated rings. The van der Waals surface area contributed by atoms with E-state index in [1.165, 1.54) is 12.1 Å². The first-order valence-corrected chi connectivity index (χ1v) is 5.35. The normalized spacial score (nSPS) is 14.4. The van der Waals surface area contributed by atoms with Gasteiger partial charge in [-0.3, -0.25) is 10.1 Å². The minimum atomic E-state index is -0.364. The Morgan fingerprint density at radius 2 is 2.00 bits per heavy atom. The van der Waals surface area contributed by atoms with Gasteiger partial charge in [0.1, 0.15) is 5.82 Å². The van der Waals surface area contributed by atoms with Crippen LogP contribution in [0.15, 0.2) is 24.3 Å². The van der Waals surface area contributed by atoms with Crippen molar-refractivity contribution in [1.29, 1.82) is 0 Å². The Kier molecular flexibility index (Phi) is 4.43. The molecule has 1 aromatic rings. The van der Waals surface area contributed by atoms with E-state index in [1.54, 1.807) is 12.1 Å². The van der Waals surface area contributed by atoms with Crippen molar-refractivity contribution >= 4 is 5.91 Å². The molecule has 0 aliphatic rings. The van der Waals surface area contributed by atoms with E-state index in [-0.39, 0.29) is 23.8 Å². The molecule has 1 rings (SSSR count). The van der Waals surface area contributed by atoms with Crippen molar-refractivity contribution in [2.45, 2.75) is 32.4 Å². The molecule has 88 valence electrons. The number of carbonyl (C=O) groups excluding carboxylic acids is 1. The van der Waals surface area contributed by atoms with Gasteiger partial charge in [0.25, 0.3) is 0 Å². The maximum atomic E-state index is 12.7. The Hall–Kier alpha value is -1.42. The van der Waals surface area contributed by atoms with Crippen molar-refractivity contribution in [2.75, 3.05) is 0 Å². The van der Waals surface area contributed by atoms with E-state index < -0.39 is 0 Å². The number of rotatable bonds is 5. The summed E-state index contributed by atoms with van der Waals surface area (Å²) in [5, 5.41) is 3.10. The summed E-state index contributed by atoms with van der Waals surface area (Å²) in [5.41, 5.74) is 6.17. The van der Waals surface area contributed by atoms with E-state index in [0.29, 0.717) is 6.42 Å². The van der Waals surface area contributed by atoms with Crippen molar-refractivity contribution in [1.82, 2.24) is 5.32 Å². The van der Waals surface area contributed by atoms with E-state index in [0.717, 1.165) is 5.56 Å². The molecule has 0 aliphatic heterocycles. The maximum Gasteiger partial charge on any atom is 0.234 e. The zero-order valence-corrected chi connectivity index (χ0v) is 9.53. The minimum Gasteiger partial charge on any atom is -0.368 e. The zero-order chi connectivity index (χ0) is 12.1. The van der Waals surface area contributed by atoms with Gasteiger partial charge in [0.15, 0.2) is 0 Å². The first-order valence-electron chi connectivity index (χ1n) is 5.35. The van der Waals surface area contributed by atoms with Gasteiger partial charge >= 0.3 is 0 Å². The SMILES string of the molecule is CCC(N[C@H](C)c1ccc(F)cc1)C(N)=O. The van der Waals surface area contributed by atoms with Gasteiger partial charge in [-0.25, -0.2) is 4.39 Å². The third-order valence-electron chi connectivity index (χ3n) is 2.57. The van der Waals surface area contributed by atoms with Crippen molar-refractivity contribution in [3.05, 3.63) is 35.6 Å². The first-order chi connectivity index (χ1) is 7.54. The average Bonchev–Trinajstić information content (AvgIpc) is 2.26. The predicted octanol–water partition coefficient (Wildman–Crippen LogP) is 1.74. The molecule has 2 atom stereocenters. The molecule has 1 amide bonds. The molecule has 4 heteroatoms. The lowest BCUT2D eigenvalue weighted by atomic mass is 10.1. The number of hydrogen-bond acceptors (Lipinski definition) is 2. The van der Waals surface area contributed by atoms with E-state index in [2.05, 4.69) is 5.32 Å². The van der Waals surface area contributed by atoms with Gasteiger partial charge in [-0.15, -0.1) is 0 Å². The van der Waals surface area contributed by atoms with Crippen molar-refractivity contribution in [2.24, 2.45) is 5.73 Å². The summed E-state index contributed by atoms with van der Waals surface area (Å²) < 4.78 is 12.7. The van der Waals surface area contributed by atoms with Crippen molar-refractivity contribution < 1.29 is 9.18 Å². The van der Waals surface area contributed by atoms with E-state index in [4.69, 9.17) is 5.73 Å². The van der Waals surface area contributed by atoms with Crippen LogP contribution in [0, 0.1) is 5.82 Å². The van der Waals surface area contributed by atoms with Gasteiger partial charge in [0, 0.05) is 6.04 Å². The van der Waals surface area contributed by atoms with Crippen LogP contribution in [-0.2, 0) is 4.79 Å². The second-order valence-electron chi connectivity index (χ2n) is 3.80. The molecule has 16 heavy (non-hydrogen) atoms. The highest BCUT2D eigenvalue weighted by Gasteiger charge is 2.16. The summed E-state index contributed by atoms with van der Waals surface area (Å²) >= 11 is 0. The molecule has 3 N–H and O–H groups in total. The molecule has 1 unspecified atom stereocenters. The molecule has 1 aromatic carbocycles. The Balaban J connectivity index is 2.67. The van der Waals surface area contributed by atoms with Crippen LogP contribution in [0.3, 0.4) is 0 Å². The second-order valence-corrected chi connectivity index (χ2v) is 3.80. The highest BCUT2D eigenvalue weighted by molar-refractivity contribution is 5.79. The highest BCUT2D eigenvalue weighted by Crippen LogP contribution is 2.14. The van der Waals surface area contributed by atoms with Gasteiger partial charge in [0.2, 0.25) is 5.91 Å². The molecule has 0 heterocycles. The lowest BCUT2D eigenvalue weighted by molar-refractivity contribution is -0.120. The van der Waals surface area contributed by atoms with Crippen LogP contribution in [0.5, 0.6) is 0 Å². The van der Waals surface area contributed by atoms with Crippen LogP contribution in [0.2, 0.25) is 0 Å². The molecule has 0 bridgehead atoms. The standard InChI is InChI=1S/C12H17FN2O/c1-3-11(12(14)16)15-8(2)9-4-6-10(13)7-5-9/h4-8,11,15H,3H2,1-2H3,(H2,14,16)/t8-,11?/m1/s1. The molecule has 0 spiro atoms. The summed E-state index contributed by atoms with van der Waals surface area (Å²) in [7, 11) is 0. The van der Waals surface area contributed by atoms with Crippen LogP contribution in [0.4, 0.5) is 4.39 Å². The smallest absolute Gasteiger partial charge is 0.234 e. The number of nitrogens with one attached hydrogen (secondary N) is 1. The number of hydrogen-bond donors (Lipinski definition) is 2. The summed E-state index contributed by atoms with van der Waals surface area (Å²) in [6.45, 7) is 3.80. The van der Waals surface area contributed by atoms with Crippen LogP contribution in [0.25, 0.3) is 0 Å². The van der Waals surface area contributed by atoms with Crippen molar-refractivity contribution in [3.8, 4) is 0 Å². The number of carbonyl (C=O) groups is 1. The van der Waals surface area contributed by atoms with Crippen LogP contribution in [-0.4, -0.2) is 11.9 Å². The third-order valence-corrected chi connectivity index (χ3v) is 2.57. The molecule has 0 saturated heterocycles. The quantitative estimate of drug-likeness (QED) is 0.800. The summed E-state index contributed by atoms with van der Waals surface area (Å²) in [6, 6.07) is 5.82. The lowest BCUT2D eigenvalue weighted by Crippen LogP contribution is -2.41. The fraction of sp³-hybridized carbons (Fsp3) is 0.417. The monoisotopic (exact) mass is 224 g/mol. The van der Waals surface area contributed by atoms with Gasteiger partial charge < -0.3 is 5.73 Å². The van der Waals surface area contributed by atoms with E-state index in [1.807, 2.05) is 13.8 Å². The number of amides is 1. The van der Waals surface area contributed by atoms with Crippen LogP contribution in [0.1, 0.15) is 31.9 Å². The van der Waals surface area contributed by atoms with E-state index in [9.17, 15) is 9.18 Å². The van der Waals surface area contributed by atoms with Crippen LogP contribution >= 0.6 is 0 Å². The zero-order valence-electron chi connectivity index (χ0n) is 9.53. The highest BCUT2D eigenvalue weighted by atomic mass is 19.1. The number of benzene rings is 1. The Labute approximate surface area is 94.8 Å². The Bertz CT molecular complexity index is 351. The topological polar surface area (TPSA) is 55.1 Å². The van der Waals surface area contributed by atoms with Gasteiger partial charge in [0.05, 0.1) is 6.04 Å². The van der Waals surface area contributed by atoms with Crippen LogP contribution < -0.4 is 11.1 Å². The maximum absolute atomic E-state index is 12.7. The molecule has 0 aliphatic carbocycles. The molecular weight excluding hydrogens is 207 g/mol. The fourth-order valence-corrected chi connectivity index (χ4v) is 1.55. The third kappa shape index (κ3) is 3.31. The predicted molar refractivity (Wildman–Crippen MR) is 61.2 cm³/mol. The Morgan fingerprint density at radius 3 is 2.44 bits per heavy atom. The summed E-state index contributed by atoms with van der Waals surface area (Å²) in [6.07, 6.45) is 0.640. The molecule has 0 aromatic heterocycles. The number of primary amides is 1. The average molecular weight is 224 g/mol. The van der Waals surface area contributed by atoms with E-state index >= 15 is 0 Å². The molecule has 0 saturated carbocycles. The largest absolute Gasteiger partial charge is 0.368 e. The first kappa shape index (κ1) is 12.6. The fourth-order valence-electron chi connectivity index (χ4n) is 1.55. The number of halogens is 1. The van der Waals surface area contributed by atoms with Gasteiger partial charge in [-0.2, -0.15) is 0 Å². The minimum absolute atomic E-state index is 0.0296. The second kappa shape index (κ2) is 5.61. The van der Waals surface area contributed by atoms with Crippen molar-refractivity contribution in [3.63, 3.8) is 0 Å².